The molecule has 3 heteroatoms. The SMILES string of the molecule is Cc1cccc(C)c1OCC(O)CN[C@@H](C)C1CCCC1. The molecule has 1 aromatic rings. The minimum Gasteiger partial charge on any atom is -0.490 e. The smallest absolute Gasteiger partial charge is 0.125 e. The zero-order chi connectivity index (χ0) is 15.2. The molecule has 1 aromatic carbocycles. The standard InChI is InChI=1S/C18H29NO2/c1-13-7-6-8-14(2)18(13)21-12-17(20)11-19-15(3)16-9-4-5-10-16/h6-8,15-17,19-20H,4-5,9-12H2,1-3H3/t15-,17?/m0/s1. The fraction of sp³-hybridized carbons (Fsp3) is 0.667. The second kappa shape index (κ2) is 7.81. The van der Waals surface area contributed by atoms with Crippen molar-refractivity contribution in [1.82, 2.24) is 5.32 Å². The molecular formula is C18H29NO2. The number of aliphatic hydroxyl groups is 1. The third kappa shape index (κ3) is 4.72. The van der Waals surface area contributed by atoms with E-state index in [0.29, 0.717) is 19.2 Å². The molecular weight excluding hydrogens is 262 g/mol. The summed E-state index contributed by atoms with van der Waals surface area (Å²) < 4.78 is 5.80. The van der Waals surface area contributed by atoms with Gasteiger partial charge in [0.15, 0.2) is 0 Å². The highest BCUT2D eigenvalue weighted by Crippen LogP contribution is 2.27. The van der Waals surface area contributed by atoms with Crippen LogP contribution >= 0.6 is 0 Å². The molecule has 0 aromatic heterocycles. The molecule has 21 heavy (non-hydrogen) atoms. The van der Waals surface area contributed by atoms with Gasteiger partial charge in [-0.3, -0.25) is 0 Å². The first-order valence-corrected chi connectivity index (χ1v) is 8.18. The summed E-state index contributed by atoms with van der Waals surface area (Å²) >= 11 is 0. The monoisotopic (exact) mass is 291 g/mol. The predicted molar refractivity (Wildman–Crippen MR) is 86.8 cm³/mol. The number of rotatable bonds is 7. The van der Waals surface area contributed by atoms with Gasteiger partial charge in [0, 0.05) is 12.6 Å². The van der Waals surface area contributed by atoms with E-state index in [1.165, 1.54) is 25.7 Å². The van der Waals surface area contributed by atoms with Crippen LogP contribution in [-0.2, 0) is 0 Å². The molecule has 1 aliphatic rings. The Kier molecular flexibility index (Phi) is 6.07. The van der Waals surface area contributed by atoms with Crippen LogP contribution in [0.1, 0.15) is 43.7 Å². The lowest BCUT2D eigenvalue weighted by Crippen LogP contribution is -2.39. The highest BCUT2D eigenvalue weighted by atomic mass is 16.5. The van der Waals surface area contributed by atoms with Crippen LogP contribution in [0.3, 0.4) is 0 Å². The maximum Gasteiger partial charge on any atom is 0.125 e. The number of benzene rings is 1. The number of nitrogens with one attached hydrogen (secondary N) is 1. The summed E-state index contributed by atoms with van der Waals surface area (Å²) in [6.07, 6.45) is 4.89. The predicted octanol–water partition coefficient (Wildman–Crippen LogP) is 3.21. The van der Waals surface area contributed by atoms with Gasteiger partial charge in [0.05, 0.1) is 0 Å². The number of aliphatic hydroxyl groups excluding tert-OH is 1. The molecule has 118 valence electrons. The number of hydrogen-bond donors (Lipinski definition) is 2. The first-order chi connectivity index (χ1) is 10.1. The lowest BCUT2D eigenvalue weighted by atomic mass is 10.00. The maximum absolute atomic E-state index is 10.1. The van der Waals surface area contributed by atoms with Crippen LogP contribution in [-0.4, -0.2) is 30.4 Å². The zero-order valence-corrected chi connectivity index (χ0v) is 13.6. The summed E-state index contributed by atoms with van der Waals surface area (Å²) in [5, 5.41) is 13.6. The number of hydrogen-bond acceptors (Lipinski definition) is 3. The number of ether oxygens (including phenoxy) is 1. The summed E-state index contributed by atoms with van der Waals surface area (Å²) in [6.45, 7) is 7.25. The second-order valence-electron chi connectivity index (χ2n) is 6.43. The van der Waals surface area contributed by atoms with Gasteiger partial charge in [0.1, 0.15) is 18.5 Å². The minimum absolute atomic E-state index is 0.343. The van der Waals surface area contributed by atoms with E-state index in [0.717, 1.165) is 22.8 Å². The molecule has 1 aliphatic carbocycles. The molecule has 0 bridgehead atoms. The summed E-state index contributed by atoms with van der Waals surface area (Å²) in [5.41, 5.74) is 2.24. The molecule has 2 atom stereocenters. The minimum atomic E-state index is -0.465. The van der Waals surface area contributed by atoms with Crippen LogP contribution < -0.4 is 10.1 Å². The fourth-order valence-corrected chi connectivity index (χ4v) is 3.21. The van der Waals surface area contributed by atoms with Crippen molar-refractivity contribution in [3.63, 3.8) is 0 Å². The van der Waals surface area contributed by atoms with Crippen LogP contribution in [0.25, 0.3) is 0 Å². The van der Waals surface area contributed by atoms with Crippen LogP contribution in [0.5, 0.6) is 5.75 Å². The number of aryl methyl sites for hydroxylation is 2. The van der Waals surface area contributed by atoms with Gasteiger partial charge in [0.2, 0.25) is 0 Å². The highest BCUT2D eigenvalue weighted by Gasteiger charge is 2.21. The molecule has 0 aliphatic heterocycles. The Morgan fingerprint density at radius 3 is 2.48 bits per heavy atom. The molecule has 1 saturated carbocycles. The topological polar surface area (TPSA) is 41.5 Å². The van der Waals surface area contributed by atoms with Crippen LogP contribution in [0.15, 0.2) is 18.2 Å². The van der Waals surface area contributed by atoms with Crippen molar-refractivity contribution in [2.45, 2.75) is 58.6 Å². The summed E-state index contributed by atoms with van der Waals surface area (Å²) in [6, 6.07) is 6.59. The van der Waals surface area contributed by atoms with E-state index in [1.54, 1.807) is 0 Å². The Hall–Kier alpha value is -1.06. The van der Waals surface area contributed by atoms with Gasteiger partial charge in [-0.25, -0.2) is 0 Å². The van der Waals surface area contributed by atoms with E-state index in [4.69, 9.17) is 4.74 Å². The molecule has 0 heterocycles. The van der Waals surface area contributed by atoms with Gasteiger partial charge in [-0.1, -0.05) is 31.0 Å². The second-order valence-corrected chi connectivity index (χ2v) is 6.43. The van der Waals surface area contributed by atoms with Gasteiger partial charge >= 0.3 is 0 Å². The molecule has 0 spiro atoms. The van der Waals surface area contributed by atoms with E-state index in [1.807, 2.05) is 32.0 Å². The maximum atomic E-state index is 10.1. The molecule has 0 radical (unpaired) electrons. The van der Waals surface area contributed by atoms with Crippen molar-refractivity contribution in [1.29, 1.82) is 0 Å². The normalized spacial score (nSPS) is 18.7. The average Bonchev–Trinajstić information content (AvgIpc) is 2.98. The molecule has 3 nitrogen and oxygen atoms in total. The van der Waals surface area contributed by atoms with Gasteiger partial charge in [-0.05, 0) is 50.7 Å². The summed E-state index contributed by atoms with van der Waals surface area (Å²) in [4.78, 5) is 0. The quantitative estimate of drug-likeness (QED) is 0.810. The Bertz CT molecular complexity index is 421. The van der Waals surface area contributed by atoms with E-state index < -0.39 is 6.10 Å². The number of para-hydroxylation sites is 1. The van der Waals surface area contributed by atoms with Crippen LogP contribution in [0.2, 0.25) is 0 Å². The summed E-state index contributed by atoms with van der Waals surface area (Å²) in [7, 11) is 0. The third-order valence-corrected chi connectivity index (χ3v) is 4.61. The first-order valence-electron chi connectivity index (χ1n) is 8.18. The van der Waals surface area contributed by atoms with E-state index in [-0.39, 0.29) is 0 Å². The molecule has 2 rings (SSSR count). The molecule has 1 unspecified atom stereocenters. The highest BCUT2D eigenvalue weighted by molar-refractivity contribution is 5.39. The molecule has 1 fully saturated rings. The van der Waals surface area contributed by atoms with Gasteiger partial charge in [-0.2, -0.15) is 0 Å². The lowest BCUT2D eigenvalue weighted by Gasteiger charge is -2.22. The van der Waals surface area contributed by atoms with Gasteiger partial charge in [0.25, 0.3) is 0 Å². The third-order valence-electron chi connectivity index (χ3n) is 4.61. The largest absolute Gasteiger partial charge is 0.490 e. The lowest BCUT2D eigenvalue weighted by molar-refractivity contribution is 0.101. The van der Waals surface area contributed by atoms with Crippen molar-refractivity contribution in [2.75, 3.05) is 13.2 Å². The average molecular weight is 291 g/mol. The van der Waals surface area contributed by atoms with Crippen molar-refractivity contribution in [3.05, 3.63) is 29.3 Å². The van der Waals surface area contributed by atoms with E-state index in [9.17, 15) is 5.11 Å². The van der Waals surface area contributed by atoms with Crippen molar-refractivity contribution in [3.8, 4) is 5.75 Å². The Morgan fingerprint density at radius 2 is 1.86 bits per heavy atom. The van der Waals surface area contributed by atoms with Crippen LogP contribution in [0.4, 0.5) is 0 Å². The van der Waals surface area contributed by atoms with Crippen molar-refractivity contribution < 1.29 is 9.84 Å². The molecule has 2 N–H and O–H groups in total. The van der Waals surface area contributed by atoms with E-state index in [2.05, 4.69) is 12.2 Å². The first kappa shape index (κ1) is 16.3. The Balaban J connectivity index is 1.73. The molecule has 0 saturated heterocycles. The van der Waals surface area contributed by atoms with Gasteiger partial charge in [-0.15, -0.1) is 0 Å². The Labute approximate surface area is 128 Å². The fourth-order valence-electron chi connectivity index (χ4n) is 3.21. The van der Waals surface area contributed by atoms with Crippen LogP contribution in [0, 0.1) is 19.8 Å². The Morgan fingerprint density at radius 1 is 1.24 bits per heavy atom. The van der Waals surface area contributed by atoms with Crippen molar-refractivity contribution in [2.24, 2.45) is 5.92 Å². The van der Waals surface area contributed by atoms with E-state index >= 15 is 0 Å². The van der Waals surface area contributed by atoms with Gasteiger partial charge < -0.3 is 15.2 Å². The zero-order valence-electron chi connectivity index (χ0n) is 13.6. The summed E-state index contributed by atoms with van der Waals surface area (Å²) in [5.74, 6) is 1.68. The van der Waals surface area contributed by atoms with Crippen molar-refractivity contribution >= 4 is 0 Å². The molecule has 0 amide bonds.